The average Bonchev–Trinajstić information content (AvgIpc) is 2.74. The predicted octanol–water partition coefficient (Wildman–Crippen LogP) is 2.10. The highest BCUT2D eigenvalue weighted by Gasteiger charge is 2.19. The highest BCUT2D eigenvalue weighted by atomic mass is 16.6. The average molecular weight is 245 g/mol. The SMILES string of the molecule is Cc1c(C(=O)n2ccnc2C)cccc1[N+](=O)[O-]. The molecule has 0 aliphatic carbocycles. The molecule has 0 spiro atoms. The van der Waals surface area contributed by atoms with Crippen LogP contribution in [0.15, 0.2) is 30.6 Å². The van der Waals surface area contributed by atoms with E-state index in [2.05, 4.69) is 4.98 Å². The Morgan fingerprint density at radius 1 is 1.39 bits per heavy atom. The lowest BCUT2D eigenvalue weighted by molar-refractivity contribution is -0.385. The molecule has 2 rings (SSSR count). The first-order valence-corrected chi connectivity index (χ1v) is 5.31. The number of nitro benzene ring substituents is 1. The van der Waals surface area contributed by atoms with Crippen LogP contribution >= 0.6 is 0 Å². The molecule has 0 aliphatic rings. The molecule has 0 fully saturated rings. The van der Waals surface area contributed by atoms with Gasteiger partial charge in [0, 0.05) is 24.0 Å². The molecule has 0 aliphatic heterocycles. The van der Waals surface area contributed by atoms with E-state index in [1.165, 1.54) is 29.1 Å². The number of rotatable bonds is 2. The Morgan fingerprint density at radius 2 is 2.11 bits per heavy atom. The molecule has 0 atom stereocenters. The molecule has 0 N–H and O–H groups in total. The van der Waals surface area contributed by atoms with Crippen LogP contribution in [0.4, 0.5) is 5.69 Å². The summed E-state index contributed by atoms with van der Waals surface area (Å²) in [6.45, 7) is 3.27. The van der Waals surface area contributed by atoms with Crippen molar-refractivity contribution in [3.8, 4) is 0 Å². The van der Waals surface area contributed by atoms with Gasteiger partial charge in [-0.3, -0.25) is 19.5 Å². The van der Waals surface area contributed by atoms with Crippen molar-refractivity contribution in [1.29, 1.82) is 0 Å². The first-order valence-electron chi connectivity index (χ1n) is 5.31. The van der Waals surface area contributed by atoms with Crippen LogP contribution in [0.2, 0.25) is 0 Å². The van der Waals surface area contributed by atoms with Crippen LogP contribution in [0.5, 0.6) is 0 Å². The Morgan fingerprint density at radius 3 is 2.67 bits per heavy atom. The number of nitro groups is 1. The van der Waals surface area contributed by atoms with Crippen LogP contribution in [-0.4, -0.2) is 20.4 Å². The van der Waals surface area contributed by atoms with Crippen molar-refractivity contribution >= 4 is 11.6 Å². The fourth-order valence-corrected chi connectivity index (χ4v) is 1.78. The zero-order valence-corrected chi connectivity index (χ0v) is 9.95. The van der Waals surface area contributed by atoms with E-state index in [0.717, 1.165) is 0 Å². The maximum absolute atomic E-state index is 12.2. The highest BCUT2D eigenvalue weighted by molar-refractivity contribution is 5.98. The van der Waals surface area contributed by atoms with Gasteiger partial charge in [0.2, 0.25) is 0 Å². The van der Waals surface area contributed by atoms with Crippen molar-refractivity contribution in [2.45, 2.75) is 13.8 Å². The van der Waals surface area contributed by atoms with Crippen molar-refractivity contribution in [2.24, 2.45) is 0 Å². The topological polar surface area (TPSA) is 78.0 Å². The molecule has 2 aromatic rings. The van der Waals surface area contributed by atoms with E-state index in [0.29, 0.717) is 17.0 Å². The minimum atomic E-state index is -0.493. The lowest BCUT2D eigenvalue weighted by Gasteiger charge is -2.07. The summed E-state index contributed by atoms with van der Waals surface area (Å²) in [5.41, 5.74) is 0.615. The molecule has 0 saturated heterocycles. The van der Waals surface area contributed by atoms with Crippen LogP contribution in [-0.2, 0) is 0 Å². The molecular formula is C12H11N3O3. The number of hydrogen-bond donors (Lipinski definition) is 0. The lowest BCUT2D eigenvalue weighted by Crippen LogP contribution is -2.14. The van der Waals surface area contributed by atoms with Gasteiger partial charge in [-0.05, 0) is 19.9 Å². The van der Waals surface area contributed by atoms with Crippen LogP contribution in [0, 0.1) is 24.0 Å². The third-order valence-corrected chi connectivity index (χ3v) is 2.78. The minimum absolute atomic E-state index is 0.0568. The number of hydrogen-bond acceptors (Lipinski definition) is 4. The van der Waals surface area contributed by atoms with E-state index in [1.54, 1.807) is 19.9 Å². The summed E-state index contributed by atoms with van der Waals surface area (Å²) in [5.74, 6) is 0.233. The van der Waals surface area contributed by atoms with E-state index < -0.39 is 4.92 Å². The van der Waals surface area contributed by atoms with Crippen molar-refractivity contribution in [2.75, 3.05) is 0 Å². The van der Waals surface area contributed by atoms with Crippen LogP contribution in [0.25, 0.3) is 0 Å². The number of imidazole rings is 1. The second-order valence-corrected chi connectivity index (χ2v) is 3.86. The minimum Gasteiger partial charge on any atom is -0.270 e. The molecule has 1 aromatic heterocycles. The van der Waals surface area contributed by atoms with Gasteiger partial charge in [0.05, 0.1) is 10.5 Å². The molecule has 18 heavy (non-hydrogen) atoms. The van der Waals surface area contributed by atoms with Gasteiger partial charge < -0.3 is 0 Å². The third kappa shape index (κ3) is 1.88. The summed E-state index contributed by atoms with van der Waals surface area (Å²) in [4.78, 5) is 26.5. The molecule has 1 aromatic carbocycles. The summed E-state index contributed by atoms with van der Waals surface area (Å²) in [5, 5.41) is 10.8. The van der Waals surface area contributed by atoms with Gasteiger partial charge in [0.15, 0.2) is 0 Å². The Kier molecular flexibility index (Phi) is 2.93. The number of carbonyl (C=O) groups is 1. The summed E-state index contributed by atoms with van der Waals surface area (Å²) >= 11 is 0. The van der Waals surface area contributed by atoms with E-state index in [4.69, 9.17) is 0 Å². The number of benzene rings is 1. The van der Waals surface area contributed by atoms with Crippen LogP contribution < -0.4 is 0 Å². The fraction of sp³-hybridized carbons (Fsp3) is 0.167. The van der Waals surface area contributed by atoms with Crippen molar-refractivity contribution in [1.82, 2.24) is 9.55 Å². The van der Waals surface area contributed by atoms with Gasteiger partial charge in [0.1, 0.15) is 5.82 Å². The summed E-state index contributed by atoms with van der Waals surface area (Å²) in [6, 6.07) is 4.46. The van der Waals surface area contributed by atoms with E-state index in [1.807, 2.05) is 0 Å². The molecule has 1 heterocycles. The zero-order chi connectivity index (χ0) is 13.3. The maximum atomic E-state index is 12.2. The van der Waals surface area contributed by atoms with E-state index in [9.17, 15) is 14.9 Å². The first-order chi connectivity index (χ1) is 8.52. The Labute approximate surface area is 103 Å². The number of aryl methyl sites for hydroxylation is 1. The third-order valence-electron chi connectivity index (χ3n) is 2.78. The van der Waals surface area contributed by atoms with E-state index >= 15 is 0 Å². The first kappa shape index (κ1) is 12.0. The summed E-state index contributed by atoms with van der Waals surface area (Å²) in [6.07, 6.45) is 3.05. The Hall–Kier alpha value is -2.50. The summed E-state index contributed by atoms with van der Waals surface area (Å²) in [7, 11) is 0. The van der Waals surface area contributed by atoms with Crippen molar-refractivity contribution in [3.05, 3.63) is 57.7 Å². The molecule has 92 valence electrons. The van der Waals surface area contributed by atoms with Gasteiger partial charge in [0.25, 0.3) is 11.6 Å². The van der Waals surface area contributed by atoms with Gasteiger partial charge in [-0.15, -0.1) is 0 Å². The van der Waals surface area contributed by atoms with Crippen LogP contribution in [0.1, 0.15) is 21.7 Å². The monoisotopic (exact) mass is 245 g/mol. The number of nitrogens with zero attached hydrogens (tertiary/aromatic N) is 3. The summed E-state index contributed by atoms with van der Waals surface area (Å²) < 4.78 is 1.37. The molecular weight excluding hydrogens is 234 g/mol. The van der Waals surface area contributed by atoms with Crippen molar-refractivity contribution < 1.29 is 9.72 Å². The number of aromatic nitrogens is 2. The molecule has 6 nitrogen and oxygen atoms in total. The molecule has 6 heteroatoms. The molecule has 0 unspecified atom stereocenters. The Bertz CT molecular complexity index is 631. The van der Waals surface area contributed by atoms with Gasteiger partial charge in [-0.25, -0.2) is 4.98 Å². The normalized spacial score (nSPS) is 10.3. The maximum Gasteiger partial charge on any atom is 0.273 e. The molecule has 0 radical (unpaired) electrons. The van der Waals surface area contributed by atoms with Crippen molar-refractivity contribution in [3.63, 3.8) is 0 Å². The Balaban J connectivity index is 2.53. The van der Waals surface area contributed by atoms with Gasteiger partial charge in [-0.2, -0.15) is 0 Å². The second-order valence-electron chi connectivity index (χ2n) is 3.86. The zero-order valence-electron chi connectivity index (χ0n) is 9.95. The van der Waals surface area contributed by atoms with Gasteiger partial charge >= 0.3 is 0 Å². The predicted molar refractivity (Wildman–Crippen MR) is 64.5 cm³/mol. The highest BCUT2D eigenvalue weighted by Crippen LogP contribution is 2.22. The standard InChI is InChI=1S/C12H11N3O3/c1-8-10(4-3-5-11(8)15(17)18)12(16)14-7-6-13-9(14)2/h3-7H,1-2H3. The second kappa shape index (κ2) is 4.40. The van der Waals surface area contributed by atoms with E-state index in [-0.39, 0.29) is 11.6 Å². The smallest absolute Gasteiger partial charge is 0.270 e. The van der Waals surface area contributed by atoms with Crippen LogP contribution in [0.3, 0.4) is 0 Å². The largest absolute Gasteiger partial charge is 0.273 e. The fourth-order valence-electron chi connectivity index (χ4n) is 1.78. The molecule has 0 bridgehead atoms. The lowest BCUT2D eigenvalue weighted by atomic mass is 10.1. The molecule has 0 amide bonds. The number of carbonyl (C=O) groups excluding carboxylic acids is 1. The van der Waals surface area contributed by atoms with Gasteiger partial charge in [-0.1, -0.05) is 6.07 Å². The quantitative estimate of drug-likeness (QED) is 0.599. The molecule has 0 saturated carbocycles.